The van der Waals surface area contributed by atoms with Crippen molar-refractivity contribution >= 4 is 34.7 Å². The van der Waals surface area contributed by atoms with Crippen LogP contribution >= 0.6 is 0 Å². The van der Waals surface area contributed by atoms with E-state index in [-0.39, 0.29) is 18.3 Å². The van der Waals surface area contributed by atoms with Crippen LogP contribution in [0.1, 0.15) is 77.2 Å². The van der Waals surface area contributed by atoms with Crippen LogP contribution in [0, 0.1) is 5.92 Å². The highest BCUT2D eigenvalue weighted by molar-refractivity contribution is 5.91. The monoisotopic (exact) mass is 518 g/mol. The second-order valence-electron chi connectivity index (χ2n) is 10.1. The Bertz CT molecular complexity index is 1010. The third-order valence-corrected chi connectivity index (χ3v) is 6.20. The van der Waals surface area contributed by atoms with Crippen molar-refractivity contribution in [2.45, 2.75) is 77.7 Å². The van der Waals surface area contributed by atoms with Crippen molar-refractivity contribution in [2.75, 3.05) is 32.1 Å². The molecule has 10 heteroatoms. The minimum absolute atomic E-state index is 0.0780. The average Bonchev–Trinajstić information content (AvgIpc) is 3.24. The molecule has 206 valence electrons. The zero-order valence-electron chi connectivity index (χ0n) is 22.5. The van der Waals surface area contributed by atoms with Crippen molar-refractivity contribution in [3.8, 4) is 0 Å². The number of aromatic amines is 1. The smallest absolute Gasteiger partial charge is 0.305 e. The number of piperidine rings is 1. The van der Waals surface area contributed by atoms with E-state index < -0.39 is 12.1 Å². The first-order valence-corrected chi connectivity index (χ1v) is 13.1. The third-order valence-electron chi connectivity index (χ3n) is 6.20. The summed E-state index contributed by atoms with van der Waals surface area (Å²) in [7, 11) is 1.38. The van der Waals surface area contributed by atoms with Gasteiger partial charge < -0.3 is 30.2 Å². The fourth-order valence-electron chi connectivity index (χ4n) is 4.46. The summed E-state index contributed by atoms with van der Waals surface area (Å²) in [6.45, 7) is 9.38. The maximum atomic E-state index is 12.2. The van der Waals surface area contributed by atoms with Crippen molar-refractivity contribution in [3.05, 3.63) is 23.9 Å². The molecule has 3 rings (SSSR count). The molecule has 1 aliphatic rings. The number of amides is 1. The predicted octanol–water partition coefficient (Wildman–Crippen LogP) is 3.91. The highest BCUT2D eigenvalue weighted by Gasteiger charge is 2.24. The van der Waals surface area contributed by atoms with E-state index in [4.69, 9.17) is 15.2 Å². The normalized spacial score (nSPS) is 15.2. The number of hydrogen-bond donors (Lipinski definition) is 4. The number of carbonyl (C=O) groups excluding carboxylic acids is 2. The van der Waals surface area contributed by atoms with Gasteiger partial charge in [-0.3, -0.25) is 14.4 Å². The summed E-state index contributed by atoms with van der Waals surface area (Å²) in [5.41, 5.74) is 3.22. The number of esters is 1. The molecule has 1 atom stereocenters. The van der Waals surface area contributed by atoms with Gasteiger partial charge in [-0.1, -0.05) is 13.8 Å². The van der Waals surface area contributed by atoms with Gasteiger partial charge in [0, 0.05) is 25.6 Å². The summed E-state index contributed by atoms with van der Waals surface area (Å²) in [4.78, 5) is 43.6. The zero-order chi connectivity index (χ0) is 27.4. The van der Waals surface area contributed by atoms with Crippen LogP contribution in [0.15, 0.2) is 18.3 Å². The molecule has 1 saturated heterocycles. The zero-order valence-corrected chi connectivity index (χ0v) is 22.5. The number of unbranched alkanes of at least 4 members (excludes halogenated alkanes) is 1. The molecule has 3 heterocycles. The average molecular weight is 519 g/mol. The highest BCUT2D eigenvalue weighted by Crippen LogP contribution is 2.33. The molecule has 0 aromatic carbocycles. The van der Waals surface area contributed by atoms with Gasteiger partial charge in [-0.05, 0) is 75.2 Å². The molecular formula is C27H42N4O6. The van der Waals surface area contributed by atoms with Crippen LogP contribution in [-0.2, 0) is 19.1 Å². The number of fused-ring (bicyclic) bond motifs is 1. The summed E-state index contributed by atoms with van der Waals surface area (Å²) in [6.07, 6.45) is 5.46. The predicted molar refractivity (Wildman–Crippen MR) is 142 cm³/mol. The van der Waals surface area contributed by atoms with E-state index >= 15 is 0 Å². The van der Waals surface area contributed by atoms with E-state index in [0.717, 1.165) is 43.5 Å². The second-order valence-corrected chi connectivity index (χ2v) is 10.1. The maximum Gasteiger partial charge on any atom is 0.305 e. The van der Waals surface area contributed by atoms with Gasteiger partial charge in [-0.25, -0.2) is 4.98 Å². The molecule has 1 aliphatic heterocycles. The summed E-state index contributed by atoms with van der Waals surface area (Å²) in [6, 6.07) is 3.81. The van der Waals surface area contributed by atoms with Crippen LogP contribution in [-0.4, -0.2) is 75.8 Å². The van der Waals surface area contributed by atoms with Crippen LogP contribution in [0.3, 0.4) is 0 Å². The lowest BCUT2D eigenvalue weighted by molar-refractivity contribution is -0.141. The first-order valence-electron chi connectivity index (χ1n) is 13.1. The SMILES string of the molecule is CC(O)CC(=O)O.COC(=O)CCCCC(=O)Nc1ccc2[nH]cc(C3CCN(CC(C)C)CC3)c2n1. The Labute approximate surface area is 218 Å². The second kappa shape index (κ2) is 15.3. The topological polar surface area (TPSA) is 145 Å². The van der Waals surface area contributed by atoms with E-state index in [1.54, 1.807) is 0 Å². The Morgan fingerprint density at radius 2 is 1.84 bits per heavy atom. The van der Waals surface area contributed by atoms with Gasteiger partial charge in [-0.15, -0.1) is 0 Å². The molecule has 0 radical (unpaired) electrons. The number of carbonyl (C=O) groups is 3. The van der Waals surface area contributed by atoms with Crippen molar-refractivity contribution in [2.24, 2.45) is 5.92 Å². The number of H-pyrrole nitrogens is 1. The number of nitrogens with one attached hydrogen (secondary N) is 2. The van der Waals surface area contributed by atoms with Crippen LogP contribution in [0.2, 0.25) is 0 Å². The Balaban J connectivity index is 0.000000604. The number of rotatable bonds is 11. The number of aromatic nitrogens is 2. The summed E-state index contributed by atoms with van der Waals surface area (Å²) < 4.78 is 4.61. The number of aliphatic hydroxyl groups is 1. The van der Waals surface area contributed by atoms with Crippen molar-refractivity contribution in [1.29, 1.82) is 0 Å². The van der Waals surface area contributed by atoms with E-state index in [2.05, 4.69) is 40.0 Å². The third kappa shape index (κ3) is 10.9. The number of aliphatic carboxylic acids is 1. The molecule has 0 bridgehead atoms. The first-order chi connectivity index (χ1) is 17.6. The van der Waals surface area contributed by atoms with Gasteiger partial charge in [0.25, 0.3) is 0 Å². The first kappa shape index (κ1) is 30.2. The Kier molecular flexibility index (Phi) is 12.5. The fourth-order valence-corrected chi connectivity index (χ4v) is 4.46. The molecule has 0 spiro atoms. The van der Waals surface area contributed by atoms with Gasteiger partial charge in [0.15, 0.2) is 0 Å². The largest absolute Gasteiger partial charge is 0.481 e. The van der Waals surface area contributed by atoms with Crippen molar-refractivity contribution in [3.63, 3.8) is 0 Å². The number of ether oxygens (including phenoxy) is 1. The molecular weight excluding hydrogens is 476 g/mol. The van der Waals surface area contributed by atoms with E-state index in [0.29, 0.717) is 43.3 Å². The molecule has 1 amide bonds. The number of anilines is 1. The van der Waals surface area contributed by atoms with Gasteiger partial charge in [-0.2, -0.15) is 0 Å². The lowest BCUT2D eigenvalue weighted by Crippen LogP contribution is -2.35. The molecule has 4 N–H and O–H groups in total. The van der Waals surface area contributed by atoms with Gasteiger partial charge in [0.2, 0.25) is 5.91 Å². The van der Waals surface area contributed by atoms with E-state index in [1.165, 1.54) is 19.6 Å². The number of pyridine rings is 1. The van der Waals surface area contributed by atoms with Crippen LogP contribution in [0.4, 0.5) is 5.82 Å². The minimum atomic E-state index is -0.963. The Morgan fingerprint density at radius 1 is 1.16 bits per heavy atom. The van der Waals surface area contributed by atoms with Crippen LogP contribution in [0.5, 0.6) is 0 Å². The van der Waals surface area contributed by atoms with E-state index in [1.807, 2.05) is 12.1 Å². The molecule has 37 heavy (non-hydrogen) atoms. The fraction of sp³-hybridized carbons (Fsp3) is 0.630. The Hall–Kier alpha value is -2.98. The number of hydrogen-bond acceptors (Lipinski definition) is 7. The highest BCUT2D eigenvalue weighted by atomic mass is 16.5. The van der Waals surface area contributed by atoms with Crippen molar-refractivity contribution in [1.82, 2.24) is 14.9 Å². The van der Waals surface area contributed by atoms with Crippen LogP contribution < -0.4 is 5.32 Å². The molecule has 2 aromatic heterocycles. The summed E-state index contributed by atoms with van der Waals surface area (Å²) >= 11 is 0. The van der Waals surface area contributed by atoms with Gasteiger partial charge >= 0.3 is 11.9 Å². The molecule has 0 saturated carbocycles. The van der Waals surface area contributed by atoms with E-state index in [9.17, 15) is 14.4 Å². The molecule has 1 unspecified atom stereocenters. The van der Waals surface area contributed by atoms with Crippen LogP contribution in [0.25, 0.3) is 11.0 Å². The quantitative estimate of drug-likeness (QED) is 0.259. The minimum Gasteiger partial charge on any atom is -0.481 e. The number of nitrogens with zero attached hydrogens (tertiary/aromatic N) is 2. The number of methoxy groups -OCH3 is 1. The standard InChI is InChI=1S/C23H34N4O3.C4H8O3/c1-16(2)15-27-12-10-17(11-13-27)18-14-24-19-8-9-20(26-23(18)19)25-21(28)6-4-5-7-22(29)30-3;1-3(5)2-4(6)7/h8-9,14,16-17,24H,4-7,10-13,15H2,1-3H3,(H,25,26,28);3,5H,2H2,1H3,(H,6,7). The van der Waals surface area contributed by atoms with Gasteiger partial charge in [0.1, 0.15) is 5.82 Å². The van der Waals surface area contributed by atoms with Crippen molar-refractivity contribution < 1.29 is 29.3 Å². The summed E-state index contributed by atoms with van der Waals surface area (Å²) in [5.74, 6) is 0.499. The number of aliphatic hydroxyl groups excluding tert-OH is 1. The summed E-state index contributed by atoms with van der Waals surface area (Å²) in [5, 5.41) is 19.2. The number of carboxylic acids is 1. The lowest BCUT2D eigenvalue weighted by Gasteiger charge is -2.32. The number of carboxylic acid groups (broad SMARTS) is 1. The number of likely N-dealkylation sites (tertiary alicyclic amines) is 1. The van der Waals surface area contributed by atoms with Gasteiger partial charge in [0.05, 0.1) is 30.7 Å². The molecule has 2 aromatic rings. The lowest BCUT2D eigenvalue weighted by atomic mass is 9.90. The molecule has 0 aliphatic carbocycles. The molecule has 10 nitrogen and oxygen atoms in total. The maximum absolute atomic E-state index is 12.2. The Morgan fingerprint density at radius 3 is 2.41 bits per heavy atom. The molecule has 1 fully saturated rings.